The van der Waals surface area contributed by atoms with Crippen molar-refractivity contribution >= 4 is 23.5 Å². The summed E-state index contributed by atoms with van der Waals surface area (Å²) < 4.78 is 0. The van der Waals surface area contributed by atoms with Gasteiger partial charge in [0.15, 0.2) is 5.96 Å². The van der Waals surface area contributed by atoms with Crippen molar-refractivity contribution in [2.75, 3.05) is 31.6 Å². The fourth-order valence-electron chi connectivity index (χ4n) is 2.94. The fourth-order valence-corrected chi connectivity index (χ4v) is 2.94. The molecule has 0 saturated carbocycles. The van der Waals surface area contributed by atoms with E-state index in [0.29, 0.717) is 25.5 Å². The van der Waals surface area contributed by atoms with Gasteiger partial charge in [-0.3, -0.25) is 9.59 Å². The van der Waals surface area contributed by atoms with E-state index in [1.54, 1.807) is 7.05 Å². The van der Waals surface area contributed by atoms with E-state index in [4.69, 9.17) is 0 Å². The van der Waals surface area contributed by atoms with Crippen LogP contribution in [0.4, 0.5) is 5.69 Å². The molecule has 0 spiro atoms. The summed E-state index contributed by atoms with van der Waals surface area (Å²) in [4.78, 5) is 30.2. The van der Waals surface area contributed by atoms with Crippen LogP contribution in [-0.4, -0.2) is 44.5 Å². The fraction of sp³-hybridized carbons (Fsp3) is 0.550. The van der Waals surface area contributed by atoms with Crippen molar-refractivity contribution in [2.24, 2.45) is 10.4 Å². The lowest BCUT2D eigenvalue weighted by Gasteiger charge is -2.24. The Balaban J connectivity index is 1.97. The molecule has 7 nitrogen and oxygen atoms in total. The third kappa shape index (κ3) is 5.70. The number of amides is 2. The second-order valence-electron chi connectivity index (χ2n) is 7.33. The van der Waals surface area contributed by atoms with Crippen molar-refractivity contribution in [2.45, 2.75) is 40.2 Å². The van der Waals surface area contributed by atoms with E-state index in [1.165, 1.54) is 0 Å². The van der Waals surface area contributed by atoms with Gasteiger partial charge in [-0.2, -0.15) is 0 Å². The van der Waals surface area contributed by atoms with Crippen LogP contribution < -0.4 is 20.9 Å². The number of benzene rings is 1. The number of carbonyl (C=O) groups excluding carboxylic acids is 2. The van der Waals surface area contributed by atoms with Gasteiger partial charge in [0.1, 0.15) is 0 Å². The van der Waals surface area contributed by atoms with Gasteiger partial charge in [0.25, 0.3) is 0 Å². The molecular formula is C20H31N5O2. The highest BCUT2D eigenvalue weighted by Gasteiger charge is 2.26. The van der Waals surface area contributed by atoms with Crippen LogP contribution in [0.25, 0.3) is 0 Å². The maximum absolute atomic E-state index is 11.9. The first-order valence-corrected chi connectivity index (χ1v) is 9.51. The SMILES string of the molecule is CCNC(=NCc1ccc(N2CCCC2=O)cc1)NCC(C)(C)C(=O)NC. The predicted molar refractivity (Wildman–Crippen MR) is 109 cm³/mol. The van der Waals surface area contributed by atoms with Crippen LogP contribution in [0.2, 0.25) is 0 Å². The third-order valence-corrected chi connectivity index (χ3v) is 4.62. The normalized spacial score (nSPS) is 15.0. The molecule has 0 bridgehead atoms. The van der Waals surface area contributed by atoms with E-state index in [9.17, 15) is 9.59 Å². The van der Waals surface area contributed by atoms with Gasteiger partial charge in [0.05, 0.1) is 12.0 Å². The van der Waals surface area contributed by atoms with Crippen molar-refractivity contribution in [1.82, 2.24) is 16.0 Å². The zero-order chi connectivity index (χ0) is 19.9. The lowest BCUT2D eigenvalue weighted by molar-refractivity contribution is -0.128. The van der Waals surface area contributed by atoms with Crippen molar-refractivity contribution in [1.29, 1.82) is 0 Å². The van der Waals surface area contributed by atoms with Gasteiger partial charge in [0, 0.05) is 38.8 Å². The number of aliphatic imine (C=N–C) groups is 1. The smallest absolute Gasteiger partial charge is 0.227 e. The highest BCUT2D eigenvalue weighted by molar-refractivity contribution is 5.95. The lowest BCUT2D eigenvalue weighted by Crippen LogP contribution is -2.47. The molecule has 0 radical (unpaired) electrons. The minimum atomic E-state index is -0.533. The second-order valence-corrected chi connectivity index (χ2v) is 7.33. The zero-order valence-corrected chi connectivity index (χ0v) is 16.8. The van der Waals surface area contributed by atoms with Crippen molar-refractivity contribution in [3.63, 3.8) is 0 Å². The van der Waals surface area contributed by atoms with Gasteiger partial charge in [0.2, 0.25) is 11.8 Å². The monoisotopic (exact) mass is 373 g/mol. The quantitative estimate of drug-likeness (QED) is 0.501. The Labute approximate surface area is 161 Å². The Morgan fingerprint density at radius 1 is 1.22 bits per heavy atom. The summed E-state index contributed by atoms with van der Waals surface area (Å²) >= 11 is 0. The van der Waals surface area contributed by atoms with Gasteiger partial charge in [-0.25, -0.2) is 4.99 Å². The number of hydrogen-bond donors (Lipinski definition) is 3. The molecule has 2 rings (SSSR count). The molecular weight excluding hydrogens is 342 g/mol. The molecule has 1 aromatic rings. The van der Waals surface area contributed by atoms with Crippen LogP contribution >= 0.6 is 0 Å². The topological polar surface area (TPSA) is 85.8 Å². The van der Waals surface area contributed by atoms with Gasteiger partial charge < -0.3 is 20.9 Å². The minimum Gasteiger partial charge on any atom is -0.359 e. The molecule has 3 N–H and O–H groups in total. The summed E-state index contributed by atoms with van der Waals surface area (Å²) in [6, 6.07) is 7.96. The van der Waals surface area contributed by atoms with E-state index in [1.807, 2.05) is 49.9 Å². The first-order chi connectivity index (χ1) is 12.9. The number of hydrogen-bond acceptors (Lipinski definition) is 3. The summed E-state index contributed by atoms with van der Waals surface area (Å²) in [5.41, 5.74) is 1.48. The lowest BCUT2D eigenvalue weighted by atomic mass is 9.92. The van der Waals surface area contributed by atoms with Crippen LogP contribution in [0, 0.1) is 5.41 Å². The highest BCUT2D eigenvalue weighted by Crippen LogP contribution is 2.21. The Morgan fingerprint density at radius 2 is 1.93 bits per heavy atom. The molecule has 1 aliphatic heterocycles. The number of nitrogens with zero attached hydrogens (tertiary/aromatic N) is 2. The van der Waals surface area contributed by atoms with E-state index < -0.39 is 5.41 Å². The Morgan fingerprint density at radius 3 is 2.48 bits per heavy atom. The van der Waals surface area contributed by atoms with Gasteiger partial charge >= 0.3 is 0 Å². The molecule has 0 aliphatic carbocycles. The molecule has 0 unspecified atom stereocenters. The summed E-state index contributed by atoms with van der Waals surface area (Å²) in [6.45, 7) is 8.32. The van der Waals surface area contributed by atoms with Crippen LogP contribution in [0.1, 0.15) is 39.2 Å². The van der Waals surface area contributed by atoms with Crippen LogP contribution in [0.3, 0.4) is 0 Å². The van der Waals surface area contributed by atoms with Crippen molar-refractivity contribution in [3.8, 4) is 0 Å². The Hall–Kier alpha value is -2.57. The van der Waals surface area contributed by atoms with Gasteiger partial charge in [-0.05, 0) is 44.9 Å². The number of nitrogens with one attached hydrogen (secondary N) is 3. The minimum absolute atomic E-state index is 0.0158. The maximum atomic E-state index is 11.9. The maximum Gasteiger partial charge on any atom is 0.227 e. The Kier molecular flexibility index (Phi) is 7.21. The summed E-state index contributed by atoms with van der Waals surface area (Å²) in [5, 5.41) is 9.12. The van der Waals surface area contributed by atoms with Crippen molar-refractivity contribution < 1.29 is 9.59 Å². The Bertz CT molecular complexity index is 682. The van der Waals surface area contributed by atoms with Crippen LogP contribution in [0.5, 0.6) is 0 Å². The molecule has 148 valence electrons. The molecule has 1 heterocycles. The van der Waals surface area contributed by atoms with Crippen LogP contribution in [-0.2, 0) is 16.1 Å². The van der Waals surface area contributed by atoms with E-state index in [-0.39, 0.29) is 11.8 Å². The zero-order valence-electron chi connectivity index (χ0n) is 16.8. The number of rotatable bonds is 7. The molecule has 1 fully saturated rings. The van der Waals surface area contributed by atoms with Crippen LogP contribution in [0.15, 0.2) is 29.3 Å². The molecule has 0 atom stereocenters. The molecule has 1 saturated heterocycles. The molecule has 27 heavy (non-hydrogen) atoms. The molecule has 7 heteroatoms. The predicted octanol–water partition coefficient (Wildman–Crippen LogP) is 1.64. The number of anilines is 1. The standard InChI is InChI=1S/C20H31N5O2/c1-5-22-19(24-14-20(2,3)18(27)21-4)23-13-15-8-10-16(11-9-15)25-12-6-7-17(25)26/h8-11H,5-7,12-14H2,1-4H3,(H,21,27)(H2,22,23,24). The molecule has 0 aromatic heterocycles. The largest absolute Gasteiger partial charge is 0.359 e. The van der Waals surface area contributed by atoms with E-state index >= 15 is 0 Å². The molecule has 1 aliphatic rings. The van der Waals surface area contributed by atoms with Crippen molar-refractivity contribution in [3.05, 3.63) is 29.8 Å². The summed E-state index contributed by atoms with van der Waals surface area (Å²) in [7, 11) is 1.64. The average molecular weight is 374 g/mol. The van der Waals surface area contributed by atoms with Gasteiger partial charge in [-0.1, -0.05) is 12.1 Å². The third-order valence-electron chi connectivity index (χ3n) is 4.62. The molecule has 2 amide bonds. The molecule has 1 aromatic carbocycles. The number of guanidine groups is 1. The number of carbonyl (C=O) groups is 2. The average Bonchev–Trinajstić information content (AvgIpc) is 3.09. The second kappa shape index (κ2) is 9.39. The summed E-state index contributed by atoms with van der Waals surface area (Å²) in [5.74, 6) is 0.851. The van der Waals surface area contributed by atoms with Gasteiger partial charge in [-0.15, -0.1) is 0 Å². The van der Waals surface area contributed by atoms with E-state index in [2.05, 4.69) is 20.9 Å². The first kappa shape index (κ1) is 20.7. The summed E-state index contributed by atoms with van der Waals surface area (Å²) in [6.07, 6.45) is 1.56. The van der Waals surface area contributed by atoms with E-state index in [0.717, 1.165) is 30.8 Å². The highest BCUT2D eigenvalue weighted by atomic mass is 16.2. The first-order valence-electron chi connectivity index (χ1n) is 9.51.